The highest BCUT2D eigenvalue weighted by Gasteiger charge is 2.32. The molecular formula is C18H16N2O. The first-order valence-corrected chi connectivity index (χ1v) is 6.90. The highest BCUT2D eigenvalue weighted by Crippen LogP contribution is 2.27. The molecule has 0 N–H and O–H groups in total. The topological polar surface area (TPSA) is 32.7 Å². The molecule has 0 fully saturated rings. The summed E-state index contributed by atoms with van der Waals surface area (Å²) in [5, 5.41) is 6.03. The van der Waals surface area contributed by atoms with Crippen LogP contribution < -0.4 is 5.01 Å². The Kier molecular flexibility index (Phi) is 3.40. The number of carbonyl (C=O) groups excluding carboxylic acids is 1. The van der Waals surface area contributed by atoms with E-state index in [4.69, 9.17) is 0 Å². The van der Waals surface area contributed by atoms with Crippen molar-refractivity contribution in [1.29, 1.82) is 0 Å². The van der Waals surface area contributed by atoms with Gasteiger partial charge in [0.1, 0.15) is 5.71 Å². The molecule has 0 spiro atoms. The Morgan fingerprint density at radius 2 is 1.48 bits per heavy atom. The number of hydrazone groups is 1. The van der Waals surface area contributed by atoms with E-state index in [9.17, 15) is 4.79 Å². The van der Waals surface area contributed by atoms with E-state index in [1.54, 1.807) is 0 Å². The van der Waals surface area contributed by atoms with Gasteiger partial charge in [0, 0.05) is 5.56 Å². The van der Waals surface area contributed by atoms with Gasteiger partial charge in [0.25, 0.3) is 5.91 Å². The van der Waals surface area contributed by atoms with Crippen LogP contribution in [-0.4, -0.2) is 11.6 Å². The van der Waals surface area contributed by atoms with Crippen LogP contribution >= 0.6 is 0 Å². The van der Waals surface area contributed by atoms with Crippen LogP contribution in [0.5, 0.6) is 0 Å². The molecule has 0 radical (unpaired) electrons. The van der Waals surface area contributed by atoms with Crippen LogP contribution in [0.4, 0.5) is 5.69 Å². The number of allylic oxidation sites excluding steroid dienone is 1. The van der Waals surface area contributed by atoms with E-state index in [1.807, 2.05) is 74.5 Å². The third-order valence-corrected chi connectivity index (χ3v) is 3.39. The lowest BCUT2D eigenvalue weighted by atomic mass is 9.99. The number of anilines is 1. The maximum Gasteiger partial charge on any atom is 0.280 e. The first-order chi connectivity index (χ1) is 10.2. The molecule has 2 aromatic carbocycles. The SMILES string of the molecule is CC(C)=C1C(=O)N(c2ccccc2)N=C1c1ccccc1. The molecule has 1 amide bonds. The Morgan fingerprint density at radius 1 is 0.905 bits per heavy atom. The Hall–Kier alpha value is -2.68. The quantitative estimate of drug-likeness (QED) is 0.768. The predicted molar refractivity (Wildman–Crippen MR) is 85.3 cm³/mol. The summed E-state index contributed by atoms with van der Waals surface area (Å²) in [7, 11) is 0. The zero-order valence-corrected chi connectivity index (χ0v) is 12.1. The van der Waals surface area contributed by atoms with E-state index < -0.39 is 0 Å². The second kappa shape index (κ2) is 5.37. The second-order valence-corrected chi connectivity index (χ2v) is 5.14. The van der Waals surface area contributed by atoms with Crippen LogP contribution in [0.25, 0.3) is 0 Å². The lowest BCUT2D eigenvalue weighted by Crippen LogP contribution is -2.21. The average Bonchev–Trinajstić information content (AvgIpc) is 2.87. The van der Waals surface area contributed by atoms with Crippen LogP contribution in [0.1, 0.15) is 19.4 Å². The van der Waals surface area contributed by atoms with E-state index in [0.29, 0.717) is 5.57 Å². The Balaban J connectivity index is 2.13. The maximum atomic E-state index is 12.7. The average molecular weight is 276 g/mol. The molecule has 0 unspecified atom stereocenters. The number of carbonyl (C=O) groups is 1. The molecule has 3 rings (SSSR count). The molecular weight excluding hydrogens is 260 g/mol. The molecule has 1 aliphatic heterocycles. The molecule has 3 nitrogen and oxygen atoms in total. The molecule has 2 aromatic rings. The fourth-order valence-electron chi connectivity index (χ4n) is 2.40. The number of rotatable bonds is 2. The van der Waals surface area contributed by atoms with Gasteiger partial charge >= 0.3 is 0 Å². The van der Waals surface area contributed by atoms with E-state index in [0.717, 1.165) is 22.5 Å². The summed E-state index contributed by atoms with van der Waals surface area (Å²) in [5.74, 6) is -0.0694. The van der Waals surface area contributed by atoms with Gasteiger partial charge in [-0.1, -0.05) is 54.1 Å². The summed E-state index contributed by atoms with van der Waals surface area (Å²) in [5.41, 5.74) is 4.14. The lowest BCUT2D eigenvalue weighted by molar-refractivity contribution is -0.114. The number of amides is 1. The highest BCUT2D eigenvalue weighted by atomic mass is 16.2. The van der Waals surface area contributed by atoms with Gasteiger partial charge in [-0.3, -0.25) is 4.79 Å². The van der Waals surface area contributed by atoms with Crippen LogP contribution in [-0.2, 0) is 4.79 Å². The van der Waals surface area contributed by atoms with Gasteiger partial charge in [0.15, 0.2) is 0 Å². The standard InChI is InChI=1S/C18H16N2O/c1-13(2)16-17(14-9-5-3-6-10-14)19-20(18(16)21)15-11-7-4-8-12-15/h3-12H,1-2H3. The molecule has 0 aliphatic carbocycles. The van der Waals surface area contributed by atoms with Gasteiger partial charge in [-0.15, -0.1) is 0 Å². The predicted octanol–water partition coefficient (Wildman–Crippen LogP) is 3.77. The van der Waals surface area contributed by atoms with Gasteiger partial charge in [-0.25, -0.2) is 0 Å². The van der Waals surface area contributed by atoms with E-state index >= 15 is 0 Å². The second-order valence-electron chi connectivity index (χ2n) is 5.14. The van der Waals surface area contributed by atoms with Crippen molar-refractivity contribution < 1.29 is 4.79 Å². The highest BCUT2D eigenvalue weighted by molar-refractivity contribution is 6.35. The van der Waals surface area contributed by atoms with E-state index in [1.165, 1.54) is 5.01 Å². The molecule has 0 aromatic heterocycles. The molecule has 21 heavy (non-hydrogen) atoms. The number of benzene rings is 2. The maximum absolute atomic E-state index is 12.7. The van der Waals surface area contributed by atoms with Gasteiger partial charge in [-0.2, -0.15) is 10.1 Å². The summed E-state index contributed by atoms with van der Waals surface area (Å²) in [6.45, 7) is 3.89. The molecule has 1 heterocycles. The van der Waals surface area contributed by atoms with Crippen molar-refractivity contribution in [3.8, 4) is 0 Å². The third kappa shape index (κ3) is 2.38. The van der Waals surface area contributed by atoms with Crippen molar-refractivity contribution in [3.05, 3.63) is 77.4 Å². The smallest absolute Gasteiger partial charge is 0.267 e. The number of para-hydroxylation sites is 1. The van der Waals surface area contributed by atoms with Crippen molar-refractivity contribution in [1.82, 2.24) is 0 Å². The van der Waals surface area contributed by atoms with Gasteiger partial charge in [-0.05, 0) is 26.0 Å². The molecule has 0 bridgehead atoms. The van der Waals surface area contributed by atoms with Gasteiger partial charge < -0.3 is 0 Å². The monoisotopic (exact) mass is 276 g/mol. The van der Waals surface area contributed by atoms with Gasteiger partial charge in [0.05, 0.1) is 11.3 Å². The van der Waals surface area contributed by atoms with Crippen LogP contribution in [0, 0.1) is 0 Å². The van der Waals surface area contributed by atoms with Crippen LogP contribution in [0.2, 0.25) is 0 Å². The Morgan fingerprint density at radius 3 is 2.05 bits per heavy atom. The van der Waals surface area contributed by atoms with E-state index in [-0.39, 0.29) is 5.91 Å². The number of hydrogen-bond donors (Lipinski definition) is 0. The van der Waals surface area contributed by atoms with Crippen LogP contribution in [0.3, 0.4) is 0 Å². The van der Waals surface area contributed by atoms with Crippen molar-refractivity contribution >= 4 is 17.3 Å². The van der Waals surface area contributed by atoms with Crippen molar-refractivity contribution in [2.45, 2.75) is 13.8 Å². The van der Waals surface area contributed by atoms with Crippen molar-refractivity contribution in [3.63, 3.8) is 0 Å². The normalized spacial score (nSPS) is 14.4. The van der Waals surface area contributed by atoms with Crippen molar-refractivity contribution in [2.24, 2.45) is 5.10 Å². The van der Waals surface area contributed by atoms with E-state index in [2.05, 4.69) is 5.10 Å². The molecule has 0 saturated carbocycles. The summed E-state index contributed by atoms with van der Waals surface area (Å²) in [6.07, 6.45) is 0. The molecule has 0 saturated heterocycles. The first kappa shape index (κ1) is 13.3. The summed E-state index contributed by atoms with van der Waals surface area (Å²) >= 11 is 0. The zero-order chi connectivity index (χ0) is 14.8. The fraction of sp³-hybridized carbons (Fsp3) is 0.111. The summed E-state index contributed by atoms with van der Waals surface area (Å²) < 4.78 is 0. The number of nitrogens with zero attached hydrogens (tertiary/aromatic N) is 2. The van der Waals surface area contributed by atoms with Crippen LogP contribution in [0.15, 0.2) is 76.9 Å². The van der Waals surface area contributed by atoms with Gasteiger partial charge in [0.2, 0.25) is 0 Å². The number of hydrogen-bond acceptors (Lipinski definition) is 2. The first-order valence-electron chi connectivity index (χ1n) is 6.90. The molecule has 1 aliphatic rings. The zero-order valence-electron chi connectivity index (χ0n) is 12.1. The largest absolute Gasteiger partial charge is 0.280 e. The summed E-state index contributed by atoms with van der Waals surface area (Å²) in [6, 6.07) is 19.3. The minimum atomic E-state index is -0.0694. The third-order valence-electron chi connectivity index (χ3n) is 3.39. The Labute approximate surface area is 124 Å². The minimum absolute atomic E-state index is 0.0694. The minimum Gasteiger partial charge on any atom is -0.267 e. The Bertz CT molecular complexity index is 726. The van der Waals surface area contributed by atoms with Crippen molar-refractivity contribution in [2.75, 3.05) is 5.01 Å². The lowest BCUT2D eigenvalue weighted by Gasteiger charge is -2.11. The summed E-state index contributed by atoms with van der Waals surface area (Å²) in [4.78, 5) is 12.7. The molecule has 3 heteroatoms. The molecule has 0 atom stereocenters. The molecule has 104 valence electrons. The fourth-order valence-corrected chi connectivity index (χ4v) is 2.40.